The highest BCUT2D eigenvalue weighted by Crippen LogP contribution is 2.42. The third-order valence-electron chi connectivity index (χ3n) is 6.48. The first-order chi connectivity index (χ1) is 20.4. The van der Waals surface area contributed by atoms with Gasteiger partial charge in [0.05, 0.1) is 0 Å². The quantitative estimate of drug-likeness (QED) is 0.195. The minimum Gasteiger partial charge on any atom is -0.463 e. The zero-order valence-corrected chi connectivity index (χ0v) is 25.1. The second-order valence-electron chi connectivity index (χ2n) is 10.0. The summed E-state index contributed by atoms with van der Waals surface area (Å²) in [6, 6.07) is 15.3. The van der Waals surface area contributed by atoms with E-state index in [0.29, 0.717) is 12.0 Å². The average molecular weight is 613 g/mol. The van der Waals surface area contributed by atoms with Gasteiger partial charge in [-0.2, -0.15) is 0 Å². The molecule has 0 bridgehead atoms. The largest absolute Gasteiger partial charge is 0.463 e. The van der Waals surface area contributed by atoms with E-state index in [1.54, 1.807) is 29.5 Å². The van der Waals surface area contributed by atoms with Gasteiger partial charge < -0.3 is 28.4 Å². The highest BCUT2D eigenvalue weighted by Gasteiger charge is 2.53. The molecule has 0 aliphatic carbocycles. The Hall–Kier alpha value is -4.29. The summed E-state index contributed by atoms with van der Waals surface area (Å²) in [7, 11) is 0. The summed E-state index contributed by atoms with van der Waals surface area (Å²) in [5, 5.41) is 1.11. The third-order valence-corrected chi connectivity index (χ3v) is 7.60. The highest BCUT2D eigenvalue weighted by molar-refractivity contribution is 7.19. The Kier molecular flexibility index (Phi) is 10.1. The molecule has 12 heteroatoms. The van der Waals surface area contributed by atoms with Crippen molar-refractivity contribution >= 4 is 51.3 Å². The van der Waals surface area contributed by atoms with E-state index in [1.807, 2.05) is 24.3 Å². The molecule has 5 atom stereocenters. The molecule has 0 amide bonds. The summed E-state index contributed by atoms with van der Waals surface area (Å²) < 4.78 is 34.8. The number of rotatable bonds is 9. The number of fused-ring (bicyclic) bond motifs is 1. The van der Waals surface area contributed by atoms with Crippen LogP contribution in [0.25, 0.3) is 10.1 Å². The second kappa shape index (κ2) is 13.8. The van der Waals surface area contributed by atoms with Gasteiger partial charge in [-0.15, -0.1) is 11.3 Å². The summed E-state index contributed by atoms with van der Waals surface area (Å²) in [5.41, 5.74) is 1.14. The minimum absolute atomic E-state index is 0.119. The Morgan fingerprint density at radius 1 is 0.744 bits per heavy atom. The standard InChI is InChI=1S/C31H32O11S/c1-16(32)37-15-26-29(39-18(3)34)31(41-20(5)36)30(40-19(4)35)28(42-26)24-13-21(10-11-25(24)38-17(2)33)12-23-14-22-8-6-7-9-27(22)43-23/h6-11,13-14,26,28-31H,12,15H2,1-5H3/t26-,28+,29-,30+,31+/m1/s1. The number of thiophene rings is 1. The zero-order chi connectivity index (χ0) is 31.3. The summed E-state index contributed by atoms with van der Waals surface area (Å²) in [4.78, 5) is 61.5. The fourth-order valence-corrected chi connectivity index (χ4v) is 6.08. The monoisotopic (exact) mass is 612 g/mol. The summed E-state index contributed by atoms with van der Waals surface area (Å²) >= 11 is 1.64. The zero-order valence-electron chi connectivity index (χ0n) is 24.3. The molecule has 2 aromatic carbocycles. The van der Waals surface area contributed by atoms with Crippen molar-refractivity contribution in [2.75, 3.05) is 6.61 Å². The van der Waals surface area contributed by atoms with Crippen LogP contribution in [0.4, 0.5) is 0 Å². The molecule has 1 aliphatic heterocycles. The normalized spacial score (nSPS) is 21.5. The number of hydrogen-bond donors (Lipinski definition) is 0. The summed E-state index contributed by atoms with van der Waals surface area (Å²) in [5.74, 6) is -3.32. The Balaban J connectivity index is 1.83. The molecule has 0 N–H and O–H groups in total. The fraction of sp³-hybridized carbons (Fsp3) is 0.387. The van der Waals surface area contributed by atoms with Gasteiger partial charge in [-0.3, -0.25) is 24.0 Å². The predicted octanol–water partition coefficient (Wildman–Crippen LogP) is 4.22. The fourth-order valence-electron chi connectivity index (χ4n) is 4.98. The van der Waals surface area contributed by atoms with E-state index in [2.05, 4.69) is 6.07 Å². The number of carbonyl (C=O) groups is 5. The Morgan fingerprint density at radius 3 is 2.02 bits per heavy atom. The van der Waals surface area contributed by atoms with Gasteiger partial charge in [-0.1, -0.05) is 24.3 Å². The first kappa shape index (κ1) is 31.6. The van der Waals surface area contributed by atoms with Crippen LogP contribution >= 0.6 is 11.3 Å². The van der Waals surface area contributed by atoms with E-state index < -0.39 is 60.4 Å². The van der Waals surface area contributed by atoms with Gasteiger partial charge in [0.15, 0.2) is 18.3 Å². The van der Waals surface area contributed by atoms with Gasteiger partial charge in [-0.25, -0.2) is 0 Å². The van der Waals surface area contributed by atoms with Crippen LogP contribution in [0, 0.1) is 0 Å². The lowest BCUT2D eigenvalue weighted by Gasteiger charge is -2.44. The Bertz CT molecular complexity index is 1490. The molecule has 0 spiro atoms. The third kappa shape index (κ3) is 8.17. The molecular formula is C31H32O11S. The molecular weight excluding hydrogens is 580 g/mol. The Morgan fingerprint density at radius 2 is 1.40 bits per heavy atom. The minimum atomic E-state index is -1.36. The van der Waals surface area contributed by atoms with Crippen molar-refractivity contribution in [1.82, 2.24) is 0 Å². The van der Waals surface area contributed by atoms with Crippen LogP contribution in [-0.4, -0.2) is 60.9 Å². The van der Waals surface area contributed by atoms with Crippen LogP contribution < -0.4 is 4.74 Å². The SMILES string of the molecule is CC(=O)OC[C@H]1O[C@@H](c2cc(Cc3cc4ccccc4s3)ccc2OC(C)=O)[C@H](OC(C)=O)[C@@H](OC(C)=O)[C@@H]1OC(C)=O. The second-order valence-corrected chi connectivity index (χ2v) is 11.2. The molecule has 11 nitrogen and oxygen atoms in total. The summed E-state index contributed by atoms with van der Waals surface area (Å²) in [6.45, 7) is 5.52. The van der Waals surface area contributed by atoms with Crippen molar-refractivity contribution in [3.05, 3.63) is 64.5 Å². The molecule has 2 heterocycles. The molecule has 228 valence electrons. The molecule has 4 rings (SSSR count). The maximum Gasteiger partial charge on any atom is 0.308 e. The first-order valence-corrected chi connectivity index (χ1v) is 14.3. The predicted molar refractivity (Wildman–Crippen MR) is 153 cm³/mol. The maximum absolute atomic E-state index is 12.3. The van der Waals surface area contributed by atoms with Gasteiger partial charge in [0, 0.05) is 56.2 Å². The number of benzene rings is 2. The van der Waals surface area contributed by atoms with Gasteiger partial charge in [0.25, 0.3) is 0 Å². The topological polar surface area (TPSA) is 141 Å². The van der Waals surface area contributed by atoms with E-state index in [0.717, 1.165) is 34.4 Å². The summed E-state index contributed by atoms with van der Waals surface area (Å²) in [6.07, 6.45) is -5.82. The van der Waals surface area contributed by atoms with Crippen LogP contribution in [-0.2, 0) is 54.1 Å². The lowest BCUT2D eigenvalue weighted by atomic mass is 9.89. The molecule has 0 radical (unpaired) electrons. The van der Waals surface area contributed by atoms with Crippen molar-refractivity contribution in [2.24, 2.45) is 0 Å². The molecule has 1 aliphatic rings. The lowest BCUT2D eigenvalue weighted by Crippen LogP contribution is -2.59. The van der Waals surface area contributed by atoms with Crippen LogP contribution in [0.15, 0.2) is 48.5 Å². The van der Waals surface area contributed by atoms with Crippen LogP contribution in [0.3, 0.4) is 0 Å². The Labute approximate surface area is 251 Å². The van der Waals surface area contributed by atoms with Crippen molar-refractivity contribution in [3.8, 4) is 5.75 Å². The van der Waals surface area contributed by atoms with Crippen LogP contribution in [0.2, 0.25) is 0 Å². The number of hydrogen-bond acceptors (Lipinski definition) is 12. The molecule has 1 aromatic heterocycles. The molecule has 43 heavy (non-hydrogen) atoms. The molecule has 1 fully saturated rings. The van der Waals surface area contributed by atoms with Crippen LogP contribution in [0.5, 0.6) is 5.75 Å². The maximum atomic E-state index is 12.3. The molecule has 1 saturated heterocycles. The van der Waals surface area contributed by atoms with E-state index in [1.165, 1.54) is 20.8 Å². The number of ether oxygens (including phenoxy) is 6. The van der Waals surface area contributed by atoms with Gasteiger partial charge in [-0.05, 0) is 35.2 Å². The first-order valence-electron chi connectivity index (χ1n) is 13.5. The van der Waals surface area contributed by atoms with Gasteiger partial charge in [0.2, 0.25) is 0 Å². The van der Waals surface area contributed by atoms with Gasteiger partial charge in [0.1, 0.15) is 24.6 Å². The molecule has 0 saturated carbocycles. The van der Waals surface area contributed by atoms with E-state index in [4.69, 9.17) is 28.4 Å². The highest BCUT2D eigenvalue weighted by atomic mass is 32.1. The van der Waals surface area contributed by atoms with Gasteiger partial charge >= 0.3 is 29.8 Å². The molecule has 3 aromatic rings. The molecule has 0 unspecified atom stereocenters. The van der Waals surface area contributed by atoms with Crippen molar-refractivity contribution in [1.29, 1.82) is 0 Å². The van der Waals surface area contributed by atoms with E-state index >= 15 is 0 Å². The average Bonchev–Trinajstić information content (AvgIpc) is 3.32. The van der Waals surface area contributed by atoms with E-state index in [-0.39, 0.29) is 12.4 Å². The van der Waals surface area contributed by atoms with Crippen molar-refractivity contribution in [2.45, 2.75) is 71.6 Å². The number of esters is 5. The van der Waals surface area contributed by atoms with E-state index in [9.17, 15) is 24.0 Å². The van der Waals surface area contributed by atoms with Crippen molar-refractivity contribution < 1.29 is 52.4 Å². The van der Waals surface area contributed by atoms with Crippen molar-refractivity contribution in [3.63, 3.8) is 0 Å². The number of carbonyl (C=O) groups excluding carboxylic acids is 5. The lowest BCUT2D eigenvalue weighted by molar-refractivity contribution is -0.254. The van der Waals surface area contributed by atoms with Crippen LogP contribution in [0.1, 0.15) is 56.7 Å². The smallest absolute Gasteiger partial charge is 0.308 e.